The molecule has 0 saturated carbocycles. The van der Waals surface area contributed by atoms with E-state index in [1.165, 1.54) is 21.1 Å². The molecule has 0 heterocycles. The molecule has 2 aromatic rings. The van der Waals surface area contributed by atoms with Crippen LogP contribution in [0.15, 0.2) is 42.5 Å². The molecular formula is C20H20N2O5. The maximum absolute atomic E-state index is 12.1. The number of carbonyl (C=O) groups is 2. The highest BCUT2D eigenvalue weighted by Gasteiger charge is 2.18. The van der Waals surface area contributed by atoms with Gasteiger partial charge in [0.25, 0.3) is 5.91 Å². The first-order chi connectivity index (χ1) is 13.0. The normalized spacial score (nSPS) is 11.0. The summed E-state index contributed by atoms with van der Waals surface area (Å²) in [7, 11) is 3.04. The Balaban J connectivity index is 1.92. The highest BCUT2D eigenvalue weighted by atomic mass is 16.5. The number of esters is 1. The molecule has 0 aliphatic carbocycles. The van der Waals surface area contributed by atoms with Crippen molar-refractivity contribution in [2.24, 2.45) is 0 Å². The summed E-state index contributed by atoms with van der Waals surface area (Å²) in [6.45, 7) is 1.49. The number of hydrogen-bond donors (Lipinski definition) is 1. The third-order valence-electron chi connectivity index (χ3n) is 3.76. The van der Waals surface area contributed by atoms with E-state index in [1.807, 2.05) is 6.07 Å². The number of rotatable bonds is 7. The molecular weight excluding hydrogens is 348 g/mol. The van der Waals surface area contributed by atoms with E-state index in [0.29, 0.717) is 28.3 Å². The van der Waals surface area contributed by atoms with Crippen molar-refractivity contribution in [1.29, 1.82) is 5.26 Å². The van der Waals surface area contributed by atoms with E-state index in [0.717, 1.165) is 0 Å². The molecule has 2 rings (SSSR count). The third kappa shape index (κ3) is 5.47. The Morgan fingerprint density at radius 2 is 1.74 bits per heavy atom. The van der Waals surface area contributed by atoms with Gasteiger partial charge >= 0.3 is 5.97 Å². The van der Waals surface area contributed by atoms with Gasteiger partial charge in [-0.25, -0.2) is 0 Å². The second kappa shape index (κ2) is 9.25. The monoisotopic (exact) mass is 368 g/mol. The Hall–Kier alpha value is -3.53. The predicted molar refractivity (Wildman–Crippen MR) is 98.6 cm³/mol. The van der Waals surface area contributed by atoms with Crippen molar-refractivity contribution >= 4 is 17.6 Å². The molecule has 140 valence electrons. The number of amides is 1. The van der Waals surface area contributed by atoms with Crippen LogP contribution in [0.25, 0.3) is 0 Å². The molecule has 7 nitrogen and oxygen atoms in total. The number of carbonyl (C=O) groups excluding carboxylic acids is 2. The van der Waals surface area contributed by atoms with Crippen molar-refractivity contribution in [2.75, 3.05) is 19.5 Å². The van der Waals surface area contributed by atoms with Gasteiger partial charge in [-0.1, -0.05) is 6.07 Å². The topological polar surface area (TPSA) is 97.6 Å². The van der Waals surface area contributed by atoms with Crippen molar-refractivity contribution in [1.82, 2.24) is 0 Å². The zero-order valence-corrected chi connectivity index (χ0v) is 15.3. The quantitative estimate of drug-likeness (QED) is 0.755. The van der Waals surface area contributed by atoms with Crippen molar-refractivity contribution in [2.45, 2.75) is 19.4 Å². The summed E-state index contributed by atoms with van der Waals surface area (Å²) in [5.74, 6) is 0.0734. The molecule has 1 atom stereocenters. The number of ether oxygens (including phenoxy) is 3. The summed E-state index contributed by atoms with van der Waals surface area (Å²) in [5.41, 5.74) is 1.68. The Bertz CT molecular complexity index is 856. The molecule has 27 heavy (non-hydrogen) atoms. The van der Waals surface area contributed by atoms with Crippen molar-refractivity contribution in [3.8, 4) is 17.6 Å². The SMILES string of the molecule is COc1ccc(CC(=O)O[C@@H](C)C(=O)Nc2ccc(C#N)cc2)cc1OC. The van der Waals surface area contributed by atoms with Crippen molar-refractivity contribution < 1.29 is 23.8 Å². The summed E-state index contributed by atoms with van der Waals surface area (Å²) < 4.78 is 15.5. The van der Waals surface area contributed by atoms with Gasteiger partial charge in [0, 0.05) is 5.69 Å². The van der Waals surface area contributed by atoms with E-state index in [4.69, 9.17) is 19.5 Å². The lowest BCUT2D eigenvalue weighted by Gasteiger charge is -2.14. The second-order valence-corrected chi connectivity index (χ2v) is 5.68. The highest BCUT2D eigenvalue weighted by Crippen LogP contribution is 2.27. The molecule has 0 radical (unpaired) electrons. The van der Waals surface area contributed by atoms with Crippen LogP contribution in [-0.2, 0) is 20.7 Å². The number of methoxy groups -OCH3 is 2. The lowest BCUT2D eigenvalue weighted by Crippen LogP contribution is -2.30. The number of nitrogens with zero attached hydrogens (tertiary/aromatic N) is 1. The van der Waals surface area contributed by atoms with Gasteiger partial charge in [0.2, 0.25) is 0 Å². The van der Waals surface area contributed by atoms with Crippen LogP contribution in [0.2, 0.25) is 0 Å². The molecule has 1 amide bonds. The van der Waals surface area contributed by atoms with Gasteiger partial charge in [-0.2, -0.15) is 5.26 Å². The fourth-order valence-electron chi connectivity index (χ4n) is 2.32. The largest absolute Gasteiger partial charge is 0.493 e. The van der Waals surface area contributed by atoms with Crippen LogP contribution in [0.1, 0.15) is 18.1 Å². The van der Waals surface area contributed by atoms with Gasteiger partial charge < -0.3 is 19.5 Å². The number of anilines is 1. The molecule has 0 aliphatic heterocycles. The van der Waals surface area contributed by atoms with Crippen molar-refractivity contribution in [3.63, 3.8) is 0 Å². The number of hydrogen-bond acceptors (Lipinski definition) is 6. The molecule has 2 aromatic carbocycles. The fraction of sp³-hybridized carbons (Fsp3) is 0.250. The minimum atomic E-state index is -0.965. The molecule has 0 unspecified atom stereocenters. The first-order valence-electron chi connectivity index (χ1n) is 8.18. The van der Waals surface area contributed by atoms with Gasteiger partial charge in [0.05, 0.1) is 32.3 Å². The highest BCUT2D eigenvalue weighted by molar-refractivity contribution is 5.95. The van der Waals surface area contributed by atoms with E-state index in [9.17, 15) is 9.59 Å². The molecule has 0 aromatic heterocycles. The van der Waals surface area contributed by atoms with E-state index >= 15 is 0 Å². The van der Waals surface area contributed by atoms with Gasteiger partial charge in [0.15, 0.2) is 17.6 Å². The Kier molecular flexibility index (Phi) is 6.78. The minimum Gasteiger partial charge on any atom is -0.493 e. The Labute approximate surface area is 157 Å². The molecule has 0 aliphatic rings. The Morgan fingerprint density at radius 3 is 2.33 bits per heavy atom. The molecule has 0 spiro atoms. The van der Waals surface area contributed by atoms with E-state index < -0.39 is 18.0 Å². The van der Waals surface area contributed by atoms with Gasteiger partial charge in [-0.15, -0.1) is 0 Å². The summed E-state index contributed by atoms with van der Waals surface area (Å²) in [6, 6.07) is 13.5. The van der Waals surface area contributed by atoms with Gasteiger partial charge in [-0.3, -0.25) is 9.59 Å². The maximum atomic E-state index is 12.1. The lowest BCUT2D eigenvalue weighted by molar-refractivity contribution is -0.152. The molecule has 7 heteroatoms. The molecule has 0 fully saturated rings. The Morgan fingerprint density at radius 1 is 1.07 bits per heavy atom. The second-order valence-electron chi connectivity index (χ2n) is 5.68. The van der Waals surface area contributed by atoms with Crippen molar-refractivity contribution in [3.05, 3.63) is 53.6 Å². The van der Waals surface area contributed by atoms with Crippen LogP contribution in [0.4, 0.5) is 5.69 Å². The first-order valence-corrected chi connectivity index (χ1v) is 8.18. The predicted octanol–water partition coefficient (Wildman–Crippen LogP) is 2.69. The smallest absolute Gasteiger partial charge is 0.311 e. The zero-order chi connectivity index (χ0) is 19.8. The summed E-state index contributed by atoms with van der Waals surface area (Å²) in [5, 5.41) is 11.4. The van der Waals surface area contributed by atoms with E-state index in [-0.39, 0.29) is 6.42 Å². The van der Waals surface area contributed by atoms with Gasteiger partial charge in [-0.05, 0) is 48.9 Å². The maximum Gasteiger partial charge on any atom is 0.311 e. The van der Waals surface area contributed by atoms with E-state index in [1.54, 1.807) is 42.5 Å². The molecule has 1 N–H and O–H groups in total. The number of nitrogens with one attached hydrogen (secondary N) is 1. The first kappa shape index (κ1) is 19.8. The summed E-state index contributed by atoms with van der Waals surface area (Å²) in [4.78, 5) is 24.3. The van der Waals surface area contributed by atoms with E-state index in [2.05, 4.69) is 5.32 Å². The van der Waals surface area contributed by atoms with Crippen LogP contribution >= 0.6 is 0 Å². The number of nitriles is 1. The summed E-state index contributed by atoms with van der Waals surface area (Å²) in [6.07, 6.45) is -0.970. The number of benzene rings is 2. The summed E-state index contributed by atoms with van der Waals surface area (Å²) >= 11 is 0. The zero-order valence-electron chi connectivity index (χ0n) is 15.3. The average molecular weight is 368 g/mol. The van der Waals surface area contributed by atoms with Crippen LogP contribution in [0, 0.1) is 11.3 Å². The van der Waals surface area contributed by atoms with Gasteiger partial charge in [0.1, 0.15) is 0 Å². The standard InChI is InChI=1S/C20H20N2O5/c1-13(20(24)22-16-7-4-14(12-21)5-8-16)27-19(23)11-15-6-9-17(25-2)18(10-15)26-3/h4-10,13H,11H2,1-3H3,(H,22,24)/t13-/m0/s1. The molecule has 0 bridgehead atoms. The van der Waals surface area contributed by atoms with Crippen LogP contribution in [0.5, 0.6) is 11.5 Å². The third-order valence-corrected chi connectivity index (χ3v) is 3.76. The molecule has 0 saturated heterocycles. The minimum absolute atomic E-state index is 0.00512. The lowest BCUT2D eigenvalue weighted by atomic mass is 10.1. The van der Waals surface area contributed by atoms with Crippen LogP contribution < -0.4 is 14.8 Å². The fourth-order valence-corrected chi connectivity index (χ4v) is 2.32. The average Bonchev–Trinajstić information content (AvgIpc) is 2.68. The van der Waals surface area contributed by atoms with Crippen LogP contribution in [-0.4, -0.2) is 32.2 Å². The van der Waals surface area contributed by atoms with Crippen LogP contribution in [0.3, 0.4) is 0 Å².